The van der Waals surface area contributed by atoms with E-state index in [1.165, 1.54) is 77.0 Å². The summed E-state index contributed by atoms with van der Waals surface area (Å²) < 4.78 is 32.9. The molecule has 3 N–H and O–H groups in total. The maximum atomic E-state index is 12.6. The van der Waals surface area contributed by atoms with E-state index in [4.69, 9.17) is 24.3 Å². The van der Waals surface area contributed by atoms with Crippen molar-refractivity contribution in [3.05, 3.63) is 85.1 Å². The zero-order valence-electron chi connectivity index (χ0n) is 40.0. The second kappa shape index (κ2) is 48.6. The number of phosphoric ester groups is 1. The second-order valence-corrected chi connectivity index (χ2v) is 17.8. The topological polar surface area (TPSA) is 134 Å². The van der Waals surface area contributed by atoms with E-state index >= 15 is 0 Å². The van der Waals surface area contributed by atoms with E-state index in [-0.39, 0.29) is 38.6 Å². The van der Waals surface area contributed by atoms with Gasteiger partial charge in [-0.15, -0.1) is 0 Å². The van der Waals surface area contributed by atoms with Crippen LogP contribution < -0.4 is 5.73 Å². The molecule has 0 spiro atoms. The monoisotopic (exact) mass is 902 g/mol. The molecular weight excluding hydrogens is 810 g/mol. The fourth-order valence-electron chi connectivity index (χ4n) is 6.61. The lowest BCUT2D eigenvalue weighted by Gasteiger charge is -2.19. The van der Waals surface area contributed by atoms with Gasteiger partial charge in [-0.1, -0.05) is 208 Å². The molecule has 10 heteroatoms. The number of esters is 2. The van der Waals surface area contributed by atoms with Gasteiger partial charge < -0.3 is 20.1 Å². The molecule has 0 fully saturated rings. The highest BCUT2D eigenvalue weighted by atomic mass is 31.2. The van der Waals surface area contributed by atoms with Crippen molar-refractivity contribution < 1.29 is 37.6 Å². The first-order chi connectivity index (χ1) is 30.8. The Morgan fingerprint density at radius 1 is 0.492 bits per heavy atom. The lowest BCUT2D eigenvalue weighted by atomic mass is 10.0. The summed E-state index contributed by atoms with van der Waals surface area (Å²) >= 11 is 0. The van der Waals surface area contributed by atoms with E-state index < -0.39 is 26.5 Å². The number of phosphoric acid groups is 1. The summed E-state index contributed by atoms with van der Waals surface area (Å²) in [5.74, 6) is -0.851. The van der Waals surface area contributed by atoms with Crippen molar-refractivity contribution >= 4 is 19.8 Å². The Labute approximate surface area is 385 Å². The highest BCUT2D eigenvalue weighted by Crippen LogP contribution is 2.43. The van der Waals surface area contributed by atoms with Crippen LogP contribution in [0, 0.1) is 0 Å². The van der Waals surface area contributed by atoms with Crippen molar-refractivity contribution in [2.75, 3.05) is 26.4 Å². The average Bonchev–Trinajstić information content (AvgIpc) is 3.27. The number of allylic oxidation sites excluding steroid dienone is 14. The summed E-state index contributed by atoms with van der Waals surface area (Å²) in [6.07, 6.45) is 61.9. The maximum Gasteiger partial charge on any atom is 0.472 e. The van der Waals surface area contributed by atoms with Gasteiger partial charge >= 0.3 is 19.8 Å². The maximum absolute atomic E-state index is 12.6. The third-order valence-electron chi connectivity index (χ3n) is 10.3. The van der Waals surface area contributed by atoms with Gasteiger partial charge in [-0.2, -0.15) is 0 Å². The third-order valence-corrected chi connectivity index (χ3v) is 11.3. The molecule has 0 saturated carbocycles. The molecule has 0 radical (unpaired) electrons. The van der Waals surface area contributed by atoms with Gasteiger partial charge in [0.2, 0.25) is 0 Å². The van der Waals surface area contributed by atoms with Crippen LogP contribution in [-0.2, 0) is 32.7 Å². The summed E-state index contributed by atoms with van der Waals surface area (Å²) in [7, 11) is -4.39. The lowest BCUT2D eigenvalue weighted by Crippen LogP contribution is -2.29. The molecule has 9 nitrogen and oxygen atoms in total. The van der Waals surface area contributed by atoms with E-state index in [0.29, 0.717) is 6.42 Å². The largest absolute Gasteiger partial charge is 0.472 e. The van der Waals surface area contributed by atoms with Gasteiger partial charge in [-0.25, -0.2) is 4.57 Å². The summed E-state index contributed by atoms with van der Waals surface area (Å²) in [5.41, 5.74) is 5.36. The van der Waals surface area contributed by atoms with Crippen LogP contribution in [0.1, 0.15) is 206 Å². The summed E-state index contributed by atoms with van der Waals surface area (Å²) in [5, 5.41) is 0. The fraction of sp³-hybridized carbons (Fsp3) is 0.698. The molecule has 63 heavy (non-hydrogen) atoms. The number of carbonyl (C=O) groups excluding carboxylic acids is 2. The SMILES string of the molecule is CC/C=C\C/C=C\C/C=C\C/C=C\C/C=C\C/C=C\C/C=C\CCCCCCCC(=O)OC(COC(=O)CCCCCCCCCCCCCCCCC)COP(=O)(O)OCCN. The van der Waals surface area contributed by atoms with Crippen molar-refractivity contribution in [3.63, 3.8) is 0 Å². The van der Waals surface area contributed by atoms with Crippen LogP contribution in [0.4, 0.5) is 0 Å². The first-order valence-corrected chi connectivity index (χ1v) is 26.6. The molecule has 2 unspecified atom stereocenters. The number of unbranched alkanes of at least 4 members (excludes halogenated alkanes) is 19. The molecule has 2 atom stereocenters. The molecule has 0 bridgehead atoms. The van der Waals surface area contributed by atoms with Crippen LogP contribution in [0.3, 0.4) is 0 Å². The Bertz CT molecular complexity index is 1300. The quantitative estimate of drug-likeness (QED) is 0.0265. The molecule has 0 aliphatic rings. The van der Waals surface area contributed by atoms with Gasteiger partial charge in [0.15, 0.2) is 6.10 Å². The first-order valence-electron chi connectivity index (χ1n) is 25.1. The lowest BCUT2D eigenvalue weighted by molar-refractivity contribution is -0.161. The normalized spacial score (nSPS) is 13.9. The van der Waals surface area contributed by atoms with Gasteiger partial charge in [0.05, 0.1) is 13.2 Å². The van der Waals surface area contributed by atoms with E-state index in [1.54, 1.807) is 0 Å². The third kappa shape index (κ3) is 48.5. The van der Waals surface area contributed by atoms with Gasteiger partial charge in [0.25, 0.3) is 0 Å². The molecule has 362 valence electrons. The molecule has 0 rings (SSSR count). The summed E-state index contributed by atoms with van der Waals surface area (Å²) in [4.78, 5) is 35.0. The molecule has 0 aromatic rings. The van der Waals surface area contributed by atoms with Crippen molar-refractivity contribution in [1.82, 2.24) is 0 Å². The van der Waals surface area contributed by atoms with Gasteiger partial charge in [0, 0.05) is 19.4 Å². The van der Waals surface area contributed by atoms with E-state index in [2.05, 4.69) is 98.9 Å². The van der Waals surface area contributed by atoms with Crippen LogP contribution in [0.2, 0.25) is 0 Å². The van der Waals surface area contributed by atoms with Crippen LogP contribution >= 0.6 is 7.82 Å². The Hall–Kier alpha value is -2.81. The molecule has 0 heterocycles. The number of rotatable bonds is 46. The van der Waals surface area contributed by atoms with Crippen molar-refractivity contribution in [2.24, 2.45) is 5.73 Å². The van der Waals surface area contributed by atoms with Gasteiger partial charge in [-0.05, 0) is 70.6 Å². The molecule has 0 aromatic heterocycles. The molecular formula is C53H92NO8P. The average molecular weight is 902 g/mol. The molecule has 0 saturated heterocycles. The van der Waals surface area contributed by atoms with Crippen molar-refractivity contribution in [1.29, 1.82) is 0 Å². The van der Waals surface area contributed by atoms with E-state index in [0.717, 1.165) is 96.3 Å². The Morgan fingerprint density at radius 2 is 0.873 bits per heavy atom. The standard InChI is InChI=1S/C53H92NO8P/c1-3-5-7-9-11-13-15-17-19-20-21-22-23-24-25-26-27-28-29-30-32-34-36-38-40-42-44-46-53(56)62-51(50-61-63(57,58)60-48-47-54)49-59-52(55)45-43-41-39-37-35-33-31-18-16-14-12-10-8-6-4-2/h5,7,11,13,17,19,21-22,24-25,27-28,30,32,51H,3-4,6,8-10,12,14-16,18,20,23,26,29,31,33-50,54H2,1-2H3,(H,57,58)/b7-5-,13-11-,19-17-,22-21-,25-24-,28-27-,32-30-. The predicted octanol–water partition coefficient (Wildman–Crippen LogP) is 15.2. The zero-order valence-corrected chi connectivity index (χ0v) is 40.9. The van der Waals surface area contributed by atoms with Gasteiger partial charge in [0.1, 0.15) is 6.61 Å². The van der Waals surface area contributed by atoms with Crippen molar-refractivity contribution in [2.45, 2.75) is 213 Å². The van der Waals surface area contributed by atoms with E-state index in [9.17, 15) is 19.0 Å². The van der Waals surface area contributed by atoms with Crippen LogP contribution in [0.5, 0.6) is 0 Å². The minimum atomic E-state index is -4.39. The Balaban J connectivity index is 4.12. The molecule has 0 aliphatic carbocycles. The molecule has 0 aliphatic heterocycles. The summed E-state index contributed by atoms with van der Waals surface area (Å²) in [6, 6.07) is 0. The van der Waals surface area contributed by atoms with Crippen LogP contribution in [-0.4, -0.2) is 49.3 Å². The fourth-order valence-corrected chi connectivity index (χ4v) is 7.38. The minimum Gasteiger partial charge on any atom is -0.462 e. The molecule has 0 amide bonds. The molecule has 0 aromatic carbocycles. The minimum absolute atomic E-state index is 0.0466. The number of carbonyl (C=O) groups is 2. The smallest absolute Gasteiger partial charge is 0.462 e. The number of hydrogen-bond donors (Lipinski definition) is 2. The second-order valence-electron chi connectivity index (χ2n) is 16.3. The first kappa shape index (κ1) is 60.2. The van der Waals surface area contributed by atoms with Crippen LogP contribution in [0.15, 0.2) is 85.1 Å². The number of nitrogens with two attached hydrogens (primary N) is 1. The summed E-state index contributed by atoms with van der Waals surface area (Å²) in [6.45, 7) is 3.60. The van der Waals surface area contributed by atoms with Gasteiger partial charge in [-0.3, -0.25) is 18.6 Å². The highest BCUT2D eigenvalue weighted by molar-refractivity contribution is 7.47. The van der Waals surface area contributed by atoms with E-state index in [1.807, 2.05) is 0 Å². The highest BCUT2D eigenvalue weighted by Gasteiger charge is 2.26. The number of ether oxygens (including phenoxy) is 2. The van der Waals surface area contributed by atoms with Crippen LogP contribution in [0.25, 0.3) is 0 Å². The number of hydrogen-bond acceptors (Lipinski definition) is 8. The van der Waals surface area contributed by atoms with Crippen molar-refractivity contribution in [3.8, 4) is 0 Å². The zero-order chi connectivity index (χ0) is 46.0. The Morgan fingerprint density at radius 3 is 1.30 bits per heavy atom. The predicted molar refractivity (Wildman–Crippen MR) is 265 cm³/mol. The Kier molecular flexibility index (Phi) is 46.5.